The molecule has 0 amide bonds. The number of rotatable bonds is 0. The van der Waals surface area contributed by atoms with Gasteiger partial charge in [-0.3, -0.25) is 4.79 Å². The molecule has 0 radical (unpaired) electrons. The van der Waals surface area contributed by atoms with Crippen molar-refractivity contribution in [3.8, 4) is 0 Å². The molecule has 2 nitrogen and oxygen atoms in total. The Morgan fingerprint density at radius 2 is 2.08 bits per heavy atom. The van der Waals surface area contributed by atoms with E-state index < -0.39 is 0 Å². The normalized spacial score (nSPS) is 29.2. The van der Waals surface area contributed by atoms with Gasteiger partial charge in [-0.25, -0.2) is 0 Å². The van der Waals surface area contributed by atoms with Gasteiger partial charge in [0.05, 0.1) is 5.54 Å². The van der Waals surface area contributed by atoms with Crippen molar-refractivity contribution < 1.29 is 4.79 Å². The van der Waals surface area contributed by atoms with Gasteiger partial charge in [-0.05, 0) is 37.3 Å². The van der Waals surface area contributed by atoms with Gasteiger partial charge in [0.25, 0.3) is 0 Å². The lowest BCUT2D eigenvalue weighted by molar-refractivity contribution is -0.127. The SMILES string of the molecule is O=C1CCCNC12CCSCC2. The summed E-state index contributed by atoms with van der Waals surface area (Å²) in [5, 5.41) is 3.42. The summed E-state index contributed by atoms with van der Waals surface area (Å²) in [5.74, 6) is 2.77. The van der Waals surface area contributed by atoms with Crippen molar-refractivity contribution in [3.63, 3.8) is 0 Å². The van der Waals surface area contributed by atoms with Gasteiger partial charge in [0.1, 0.15) is 0 Å². The molecule has 68 valence electrons. The van der Waals surface area contributed by atoms with Crippen molar-refractivity contribution >= 4 is 17.5 Å². The van der Waals surface area contributed by atoms with Crippen LogP contribution in [0.2, 0.25) is 0 Å². The molecule has 0 aromatic heterocycles. The number of ketones is 1. The molecule has 1 N–H and O–H groups in total. The Labute approximate surface area is 77.5 Å². The van der Waals surface area contributed by atoms with E-state index in [2.05, 4.69) is 5.32 Å². The van der Waals surface area contributed by atoms with E-state index in [1.807, 2.05) is 11.8 Å². The molecule has 0 bridgehead atoms. The van der Waals surface area contributed by atoms with Crippen LogP contribution in [0.4, 0.5) is 0 Å². The van der Waals surface area contributed by atoms with Crippen LogP contribution in [0.25, 0.3) is 0 Å². The fourth-order valence-electron chi connectivity index (χ4n) is 2.09. The lowest BCUT2D eigenvalue weighted by Crippen LogP contribution is -2.57. The first-order chi connectivity index (χ1) is 5.83. The minimum atomic E-state index is -0.0937. The molecule has 3 heteroatoms. The minimum absolute atomic E-state index is 0.0937. The Balaban J connectivity index is 2.09. The summed E-state index contributed by atoms with van der Waals surface area (Å²) in [7, 11) is 0. The Morgan fingerprint density at radius 3 is 2.75 bits per heavy atom. The van der Waals surface area contributed by atoms with E-state index in [1.54, 1.807) is 0 Å². The zero-order valence-corrected chi connectivity index (χ0v) is 8.08. The van der Waals surface area contributed by atoms with E-state index in [0.29, 0.717) is 5.78 Å². The topological polar surface area (TPSA) is 29.1 Å². The predicted octanol–water partition coefficient (Wildman–Crippen LogP) is 1.20. The van der Waals surface area contributed by atoms with Crippen LogP contribution in [-0.2, 0) is 4.79 Å². The molecule has 2 aliphatic rings. The molecule has 0 aromatic rings. The fraction of sp³-hybridized carbons (Fsp3) is 0.889. The van der Waals surface area contributed by atoms with Crippen molar-refractivity contribution in [1.82, 2.24) is 5.32 Å². The second kappa shape index (κ2) is 3.38. The molecule has 2 heterocycles. The van der Waals surface area contributed by atoms with Gasteiger partial charge in [0.2, 0.25) is 0 Å². The summed E-state index contributed by atoms with van der Waals surface area (Å²) < 4.78 is 0. The molecular formula is C9H15NOS. The molecule has 0 aliphatic carbocycles. The highest BCUT2D eigenvalue weighted by molar-refractivity contribution is 7.99. The van der Waals surface area contributed by atoms with Gasteiger partial charge in [-0.1, -0.05) is 0 Å². The van der Waals surface area contributed by atoms with Crippen molar-refractivity contribution in [2.24, 2.45) is 0 Å². The van der Waals surface area contributed by atoms with Gasteiger partial charge in [-0.15, -0.1) is 0 Å². The highest BCUT2D eigenvalue weighted by atomic mass is 32.2. The van der Waals surface area contributed by atoms with Crippen LogP contribution in [0.15, 0.2) is 0 Å². The van der Waals surface area contributed by atoms with E-state index in [0.717, 1.165) is 43.7 Å². The van der Waals surface area contributed by atoms with E-state index in [1.165, 1.54) is 0 Å². The molecule has 0 aromatic carbocycles. The molecular weight excluding hydrogens is 170 g/mol. The third-order valence-corrected chi connectivity index (χ3v) is 3.91. The average molecular weight is 185 g/mol. The number of hydrogen-bond donors (Lipinski definition) is 1. The lowest BCUT2D eigenvalue weighted by Gasteiger charge is -2.39. The van der Waals surface area contributed by atoms with Crippen LogP contribution in [0.1, 0.15) is 25.7 Å². The fourth-order valence-corrected chi connectivity index (χ4v) is 3.28. The summed E-state index contributed by atoms with van der Waals surface area (Å²) in [4.78, 5) is 11.7. The van der Waals surface area contributed by atoms with E-state index in [4.69, 9.17) is 0 Å². The van der Waals surface area contributed by atoms with Gasteiger partial charge >= 0.3 is 0 Å². The van der Waals surface area contributed by atoms with Crippen molar-refractivity contribution in [2.45, 2.75) is 31.2 Å². The minimum Gasteiger partial charge on any atom is -0.305 e. The third-order valence-electron chi connectivity index (χ3n) is 2.92. The first-order valence-corrected chi connectivity index (χ1v) is 5.85. The Morgan fingerprint density at radius 1 is 1.33 bits per heavy atom. The van der Waals surface area contributed by atoms with Crippen molar-refractivity contribution in [1.29, 1.82) is 0 Å². The maximum Gasteiger partial charge on any atom is 0.152 e. The standard InChI is InChI=1S/C9H15NOS/c11-8-2-1-5-10-9(8)3-6-12-7-4-9/h10H,1-7H2. The molecule has 2 rings (SSSR count). The highest BCUT2D eigenvalue weighted by Crippen LogP contribution is 2.30. The molecule has 2 aliphatic heterocycles. The second-order valence-electron chi connectivity index (χ2n) is 3.65. The summed E-state index contributed by atoms with van der Waals surface area (Å²) in [6, 6.07) is 0. The number of nitrogens with one attached hydrogen (secondary N) is 1. The molecule has 0 unspecified atom stereocenters. The second-order valence-corrected chi connectivity index (χ2v) is 4.87. The molecule has 2 fully saturated rings. The highest BCUT2D eigenvalue weighted by Gasteiger charge is 2.40. The van der Waals surface area contributed by atoms with Crippen molar-refractivity contribution in [3.05, 3.63) is 0 Å². The van der Waals surface area contributed by atoms with Crippen LogP contribution < -0.4 is 5.32 Å². The number of carbonyl (C=O) groups excluding carboxylic acids is 1. The van der Waals surface area contributed by atoms with Crippen LogP contribution in [-0.4, -0.2) is 29.4 Å². The average Bonchev–Trinajstić information content (AvgIpc) is 2.12. The van der Waals surface area contributed by atoms with Gasteiger partial charge in [0, 0.05) is 6.42 Å². The summed E-state index contributed by atoms with van der Waals surface area (Å²) in [5.41, 5.74) is -0.0937. The molecule has 0 saturated carbocycles. The summed E-state index contributed by atoms with van der Waals surface area (Å²) in [6.07, 6.45) is 3.94. The number of piperidine rings is 1. The Hall–Kier alpha value is -0.0200. The van der Waals surface area contributed by atoms with Crippen LogP contribution in [0.3, 0.4) is 0 Å². The number of Topliss-reactive ketones (excluding diaryl/α,β-unsaturated/α-hetero) is 1. The Bertz CT molecular complexity index is 179. The van der Waals surface area contributed by atoms with Crippen LogP contribution in [0.5, 0.6) is 0 Å². The van der Waals surface area contributed by atoms with E-state index in [-0.39, 0.29) is 5.54 Å². The van der Waals surface area contributed by atoms with Crippen LogP contribution in [0, 0.1) is 0 Å². The van der Waals surface area contributed by atoms with Gasteiger partial charge in [-0.2, -0.15) is 11.8 Å². The number of carbonyl (C=O) groups is 1. The summed E-state index contributed by atoms with van der Waals surface area (Å²) in [6.45, 7) is 1.04. The van der Waals surface area contributed by atoms with Crippen LogP contribution >= 0.6 is 11.8 Å². The smallest absolute Gasteiger partial charge is 0.152 e. The van der Waals surface area contributed by atoms with Gasteiger partial charge in [0.15, 0.2) is 5.78 Å². The maximum atomic E-state index is 11.7. The van der Waals surface area contributed by atoms with Gasteiger partial charge < -0.3 is 5.32 Å². The first kappa shape index (κ1) is 8.57. The molecule has 2 saturated heterocycles. The molecule has 12 heavy (non-hydrogen) atoms. The molecule has 1 spiro atoms. The maximum absolute atomic E-state index is 11.7. The quantitative estimate of drug-likeness (QED) is 0.615. The monoisotopic (exact) mass is 185 g/mol. The first-order valence-electron chi connectivity index (χ1n) is 4.70. The number of thioether (sulfide) groups is 1. The molecule has 0 atom stereocenters. The number of hydrogen-bond acceptors (Lipinski definition) is 3. The van der Waals surface area contributed by atoms with Crippen molar-refractivity contribution in [2.75, 3.05) is 18.1 Å². The lowest BCUT2D eigenvalue weighted by atomic mass is 9.82. The predicted molar refractivity (Wildman–Crippen MR) is 51.5 cm³/mol. The Kier molecular flexibility index (Phi) is 2.42. The zero-order valence-electron chi connectivity index (χ0n) is 7.27. The van der Waals surface area contributed by atoms with E-state index in [9.17, 15) is 4.79 Å². The summed E-state index contributed by atoms with van der Waals surface area (Å²) >= 11 is 1.97. The van der Waals surface area contributed by atoms with E-state index >= 15 is 0 Å². The largest absolute Gasteiger partial charge is 0.305 e. The zero-order chi connectivity index (χ0) is 8.44. The third kappa shape index (κ3) is 1.40.